The first-order valence-corrected chi connectivity index (χ1v) is 10.8. The predicted molar refractivity (Wildman–Crippen MR) is 111 cm³/mol. The van der Waals surface area contributed by atoms with E-state index in [-0.39, 0.29) is 12.1 Å². The van der Waals surface area contributed by atoms with Crippen LogP contribution in [-0.4, -0.2) is 30.6 Å². The van der Waals surface area contributed by atoms with Crippen LogP contribution in [0.4, 0.5) is 0 Å². The number of hydrogen-bond donors (Lipinski definition) is 0. The molecule has 0 fully saturated rings. The van der Waals surface area contributed by atoms with Crippen molar-refractivity contribution in [3.8, 4) is 5.75 Å². The lowest BCUT2D eigenvalue weighted by molar-refractivity contribution is -0.148. The largest absolute Gasteiger partial charge is 0.479 e. The molecule has 0 aliphatic heterocycles. The monoisotopic (exact) mass is 496 g/mol. The van der Waals surface area contributed by atoms with Crippen molar-refractivity contribution in [3.63, 3.8) is 0 Å². The highest BCUT2D eigenvalue weighted by molar-refractivity contribution is 9.10. The summed E-state index contributed by atoms with van der Waals surface area (Å²) in [7, 11) is 1.37. The third-order valence-corrected chi connectivity index (χ3v) is 5.85. The van der Waals surface area contributed by atoms with Crippen LogP contribution in [0.25, 0.3) is 0 Å². The minimum absolute atomic E-state index is 0.190. The fraction of sp³-hybridized carbons (Fsp3) is 0.381. The number of halogens is 2. The number of fused-ring (bicyclic) bond motifs is 1. The quantitative estimate of drug-likeness (QED) is 0.386. The zero-order valence-corrected chi connectivity index (χ0v) is 18.3. The molecule has 2 aromatic carbocycles. The van der Waals surface area contributed by atoms with Gasteiger partial charge in [0.2, 0.25) is 0 Å². The number of benzene rings is 2. The maximum atomic E-state index is 11.9. The third kappa shape index (κ3) is 5.33. The highest BCUT2D eigenvalue weighted by Gasteiger charge is 2.23. The van der Waals surface area contributed by atoms with Gasteiger partial charge in [0, 0.05) is 16.2 Å². The number of ether oxygens (including phenoxy) is 3. The molecule has 0 amide bonds. The molecule has 4 nitrogen and oxygen atoms in total. The number of rotatable bonds is 8. The normalized spacial score (nSPS) is 14.6. The van der Waals surface area contributed by atoms with E-state index in [9.17, 15) is 4.79 Å². The van der Waals surface area contributed by atoms with Crippen LogP contribution >= 0.6 is 31.9 Å². The van der Waals surface area contributed by atoms with Gasteiger partial charge in [-0.3, -0.25) is 0 Å². The van der Waals surface area contributed by atoms with Crippen LogP contribution in [-0.2, 0) is 33.7 Å². The van der Waals surface area contributed by atoms with Crippen molar-refractivity contribution in [1.82, 2.24) is 0 Å². The second-order valence-corrected chi connectivity index (χ2v) is 8.12. The first kappa shape index (κ1) is 20.4. The number of methoxy groups -OCH3 is 1. The van der Waals surface area contributed by atoms with Gasteiger partial charge in [-0.15, -0.1) is 0 Å². The molecule has 0 saturated heterocycles. The van der Waals surface area contributed by atoms with Gasteiger partial charge in [-0.1, -0.05) is 56.1 Å². The molecule has 144 valence electrons. The van der Waals surface area contributed by atoms with Gasteiger partial charge in [0.25, 0.3) is 0 Å². The second kappa shape index (κ2) is 9.71. The van der Waals surface area contributed by atoms with E-state index in [1.807, 2.05) is 18.2 Å². The fourth-order valence-electron chi connectivity index (χ4n) is 3.20. The van der Waals surface area contributed by atoms with Gasteiger partial charge in [0.05, 0.1) is 19.8 Å². The minimum atomic E-state index is -0.631. The van der Waals surface area contributed by atoms with E-state index >= 15 is 0 Å². The average molecular weight is 498 g/mol. The summed E-state index contributed by atoms with van der Waals surface area (Å²) in [5.41, 5.74) is 3.73. The average Bonchev–Trinajstić information content (AvgIpc) is 3.10. The maximum Gasteiger partial charge on any atom is 0.347 e. The lowest BCUT2D eigenvalue weighted by atomic mass is 10.1. The summed E-state index contributed by atoms with van der Waals surface area (Å²) in [4.78, 5) is 11.9. The molecule has 1 aliphatic carbocycles. The molecule has 6 heteroatoms. The van der Waals surface area contributed by atoms with E-state index in [1.165, 1.54) is 18.2 Å². The van der Waals surface area contributed by atoms with Crippen molar-refractivity contribution in [2.75, 3.05) is 12.4 Å². The smallest absolute Gasteiger partial charge is 0.347 e. The Balaban J connectivity index is 1.63. The van der Waals surface area contributed by atoms with Crippen molar-refractivity contribution in [3.05, 3.63) is 63.6 Å². The van der Waals surface area contributed by atoms with Crippen LogP contribution in [0.3, 0.4) is 0 Å². The van der Waals surface area contributed by atoms with Crippen LogP contribution in [0.1, 0.15) is 23.1 Å². The number of hydrogen-bond acceptors (Lipinski definition) is 4. The molecule has 27 heavy (non-hydrogen) atoms. The zero-order chi connectivity index (χ0) is 19.2. The lowest BCUT2D eigenvalue weighted by Crippen LogP contribution is -2.29. The second-order valence-electron chi connectivity index (χ2n) is 6.47. The lowest BCUT2D eigenvalue weighted by Gasteiger charge is -2.18. The van der Waals surface area contributed by atoms with Crippen molar-refractivity contribution >= 4 is 37.8 Å². The molecule has 0 spiro atoms. The first-order chi connectivity index (χ1) is 13.1. The summed E-state index contributed by atoms with van der Waals surface area (Å²) in [5.74, 6) is 0.252. The van der Waals surface area contributed by atoms with Crippen LogP contribution in [0.5, 0.6) is 5.75 Å². The summed E-state index contributed by atoms with van der Waals surface area (Å²) < 4.78 is 17.8. The molecule has 1 unspecified atom stereocenters. The zero-order valence-electron chi connectivity index (χ0n) is 15.1. The Hall–Kier alpha value is -1.37. The number of esters is 1. The highest BCUT2D eigenvalue weighted by Crippen LogP contribution is 2.28. The predicted octanol–water partition coefficient (Wildman–Crippen LogP) is 4.84. The Kier molecular flexibility index (Phi) is 7.33. The maximum absolute atomic E-state index is 11.9. The molecule has 1 aliphatic rings. The van der Waals surface area contributed by atoms with Gasteiger partial charge < -0.3 is 14.2 Å². The fourth-order valence-corrected chi connectivity index (χ4v) is 3.98. The van der Waals surface area contributed by atoms with Gasteiger partial charge >= 0.3 is 5.97 Å². The molecule has 0 aromatic heterocycles. The van der Waals surface area contributed by atoms with Crippen molar-refractivity contribution < 1.29 is 19.0 Å². The number of carbonyl (C=O) groups is 1. The molecular formula is C21H22Br2O4. The number of alkyl halides is 1. The molecule has 0 saturated carbocycles. The summed E-state index contributed by atoms with van der Waals surface area (Å²) in [6, 6.07) is 14.1. The van der Waals surface area contributed by atoms with Gasteiger partial charge in [-0.2, -0.15) is 0 Å². The van der Waals surface area contributed by atoms with Gasteiger partial charge in [-0.25, -0.2) is 4.79 Å². The summed E-state index contributed by atoms with van der Waals surface area (Å²) in [6.07, 6.45) is 1.98. The van der Waals surface area contributed by atoms with E-state index < -0.39 is 6.10 Å². The van der Waals surface area contributed by atoms with E-state index in [0.29, 0.717) is 24.1 Å². The highest BCUT2D eigenvalue weighted by atomic mass is 79.9. The molecule has 0 heterocycles. The summed E-state index contributed by atoms with van der Waals surface area (Å²) in [5, 5.41) is 0.654. The Morgan fingerprint density at radius 1 is 1.19 bits per heavy atom. The SMILES string of the molecule is COC(=O)C(CCBr)Oc1ccc(Br)c(COC2Cc3ccccc3C2)c1. The van der Waals surface area contributed by atoms with Crippen LogP contribution < -0.4 is 4.74 Å². The summed E-state index contributed by atoms with van der Waals surface area (Å²) >= 11 is 6.92. The minimum Gasteiger partial charge on any atom is -0.479 e. The molecule has 0 bridgehead atoms. The van der Waals surface area contributed by atoms with E-state index in [1.54, 1.807) is 0 Å². The standard InChI is InChI=1S/C21H22Br2O4/c1-25-21(24)20(8-9-22)27-17-6-7-19(23)16(12-17)13-26-18-10-14-4-2-3-5-15(14)11-18/h2-7,12,18,20H,8-11,13H2,1H3. The molecule has 1 atom stereocenters. The molecule has 0 N–H and O–H groups in total. The van der Waals surface area contributed by atoms with E-state index in [0.717, 1.165) is 22.9 Å². The topological polar surface area (TPSA) is 44.8 Å². The van der Waals surface area contributed by atoms with E-state index in [2.05, 4.69) is 56.1 Å². The van der Waals surface area contributed by atoms with Gasteiger partial charge in [0.1, 0.15) is 5.75 Å². The van der Waals surface area contributed by atoms with Gasteiger partial charge in [-0.05, 0) is 47.7 Å². The van der Waals surface area contributed by atoms with Gasteiger partial charge in [0.15, 0.2) is 6.10 Å². The van der Waals surface area contributed by atoms with Crippen molar-refractivity contribution in [2.24, 2.45) is 0 Å². The van der Waals surface area contributed by atoms with Crippen LogP contribution in [0.2, 0.25) is 0 Å². The molecular weight excluding hydrogens is 476 g/mol. The molecule has 3 rings (SSSR count). The Morgan fingerprint density at radius 2 is 1.89 bits per heavy atom. The Labute approximate surface area is 176 Å². The first-order valence-electron chi connectivity index (χ1n) is 8.88. The van der Waals surface area contributed by atoms with Crippen LogP contribution in [0, 0.1) is 0 Å². The molecule has 2 aromatic rings. The summed E-state index contributed by atoms with van der Waals surface area (Å²) in [6.45, 7) is 0.484. The van der Waals surface area contributed by atoms with Crippen molar-refractivity contribution in [2.45, 2.75) is 38.1 Å². The van der Waals surface area contributed by atoms with E-state index in [4.69, 9.17) is 14.2 Å². The van der Waals surface area contributed by atoms with Crippen molar-refractivity contribution in [1.29, 1.82) is 0 Å². The third-order valence-electron chi connectivity index (χ3n) is 4.62. The number of carbonyl (C=O) groups excluding carboxylic acids is 1. The Morgan fingerprint density at radius 3 is 2.52 bits per heavy atom. The Bertz CT molecular complexity index is 769. The molecule has 0 radical (unpaired) electrons. The van der Waals surface area contributed by atoms with Crippen LogP contribution in [0.15, 0.2) is 46.9 Å².